The summed E-state index contributed by atoms with van der Waals surface area (Å²) in [5.41, 5.74) is 1.26. The molecule has 0 saturated carbocycles. The van der Waals surface area contributed by atoms with Crippen molar-refractivity contribution >= 4 is 21.6 Å². The predicted molar refractivity (Wildman–Crippen MR) is 119 cm³/mol. The average Bonchev–Trinajstić information content (AvgIpc) is 2.80. The van der Waals surface area contributed by atoms with Gasteiger partial charge in [-0.25, -0.2) is 12.8 Å². The van der Waals surface area contributed by atoms with Crippen LogP contribution in [0.3, 0.4) is 0 Å². The van der Waals surface area contributed by atoms with E-state index in [9.17, 15) is 17.6 Å². The Kier molecular flexibility index (Phi) is 6.99. The predicted octanol–water partition coefficient (Wildman–Crippen LogP) is 4.13. The number of carbonyl (C=O) groups excluding carboxylic acids is 1. The Labute approximate surface area is 186 Å². The Morgan fingerprint density at radius 1 is 0.938 bits per heavy atom. The maximum absolute atomic E-state index is 13.0. The van der Waals surface area contributed by atoms with Crippen molar-refractivity contribution in [3.8, 4) is 11.5 Å². The van der Waals surface area contributed by atoms with Gasteiger partial charge in [0.05, 0.1) is 25.2 Å². The molecular formula is C23H23FN2O5S. The van der Waals surface area contributed by atoms with Crippen LogP contribution in [0.15, 0.2) is 71.6 Å². The number of nitrogens with one attached hydrogen (secondary N) is 2. The van der Waals surface area contributed by atoms with E-state index in [1.54, 1.807) is 39.3 Å². The second kappa shape index (κ2) is 9.69. The molecule has 0 fully saturated rings. The zero-order chi connectivity index (χ0) is 23.3. The SMILES string of the molecule is COc1ccc(OC)c(C(C)NC(=O)c2ccc(S(=O)(=O)Nc3ccc(F)cc3)cc2)c1. The minimum Gasteiger partial charge on any atom is -0.497 e. The van der Waals surface area contributed by atoms with Crippen molar-refractivity contribution < 1.29 is 27.1 Å². The number of hydrogen-bond donors (Lipinski definition) is 2. The normalized spacial score (nSPS) is 12.0. The maximum Gasteiger partial charge on any atom is 0.261 e. The number of hydrogen-bond acceptors (Lipinski definition) is 5. The van der Waals surface area contributed by atoms with Crippen molar-refractivity contribution in [2.75, 3.05) is 18.9 Å². The van der Waals surface area contributed by atoms with E-state index >= 15 is 0 Å². The summed E-state index contributed by atoms with van der Waals surface area (Å²) in [5, 5.41) is 2.87. The van der Waals surface area contributed by atoms with Crippen molar-refractivity contribution in [3.05, 3.63) is 83.7 Å². The molecule has 0 aliphatic heterocycles. The van der Waals surface area contributed by atoms with E-state index in [4.69, 9.17) is 9.47 Å². The number of benzene rings is 3. The molecule has 3 rings (SSSR count). The first-order chi connectivity index (χ1) is 15.2. The third kappa shape index (κ3) is 5.36. The van der Waals surface area contributed by atoms with Crippen LogP contribution in [0.5, 0.6) is 11.5 Å². The summed E-state index contributed by atoms with van der Waals surface area (Å²) in [6, 6.07) is 15.4. The Morgan fingerprint density at radius 2 is 1.59 bits per heavy atom. The lowest BCUT2D eigenvalue weighted by molar-refractivity contribution is 0.0939. The summed E-state index contributed by atoms with van der Waals surface area (Å²) in [6.07, 6.45) is 0. The molecule has 3 aromatic rings. The maximum atomic E-state index is 13.0. The monoisotopic (exact) mass is 458 g/mol. The molecule has 1 atom stereocenters. The lowest BCUT2D eigenvalue weighted by atomic mass is 10.1. The number of sulfonamides is 1. The minimum absolute atomic E-state index is 0.0270. The Hall–Kier alpha value is -3.59. The second-order valence-corrected chi connectivity index (χ2v) is 8.62. The van der Waals surface area contributed by atoms with E-state index < -0.39 is 21.9 Å². The molecule has 3 aromatic carbocycles. The number of anilines is 1. The zero-order valence-electron chi connectivity index (χ0n) is 17.8. The minimum atomic E-state index is -3.89. The number of halogens is 1. The van der Waals surface area contributed by atoms with Gasteiger partial charge in [0.1, 0.15) is 17.3 Å². The highest BCUT2D eigenvalue weighted by molar-refractivity contribution is 7.92. The zero-order valence-corrected chi connectivity index (χ0v) is 18.6. The van der Waals surface area contributed by atoms with Crippen LogP contribution in [-0.2, 0) is 10.0 Å². The molecule has 0 aliphatic carbocycles. The topological polar surface area (TPSA) is 93.7 Å². The van der Waals surface area contributed by atoms with Crippen LogP contribution in [0.25, 0.3) is 0 Å². The van der Waals surface area contributed by atoms with E-state index in [0.717, 1.165) is 17.7 Å². The van der Waals surface area contributed by atoms with Gasteiger partial charge in [-0.15, -0.1) is 0 Å². The molecule has 0 heterocycles. The fraction of sp³-hybridized carbons (Fsp3) is 0.174. The smallest absolute Gasteiger partial charge is 0.261 e. The highest BCUT2D eigenvalue weighted by atomic mass is 32.2. The lowest BCUT2D eigenvalue weighted by Gasteiger charge is -2.18. The molecule has 1 amide bonds. The third-order valence-electron chi connectivity index (χ3n) is 4.77. The van der Waals surface area contributed by atoms with Gasteiger partial charge in [0, 0.05) is 16.8 Å². The van der Waals surface area contributed by atoms with Gasteiger partial charge in [-0.05, 0) is 73.7 Å². The quantitative estimate of drug-likeness (QED) is 0.529. The Bertz CT molecular complexity index is 1200. The van der Waals surface area contributed by atoms with E-state index in [1.165, 1.54) is 36.4 Å². The number of rotatable bonds is 8. The number of methoxy groups -OCH3 is 2. The second-order valence-electron chi connectivity index (χ2n) is 6.94. The Balaban J connectivity index is 1.73. The highest BCUT2D eigenvalue weighted by Gasteiger charge is 2.18. The molecule has 0 radical (unpaired) electrons. The van der Waals surface area contributed by atoms with Crippen LogP contribution in [0.4, 0.5) is 10.1 Å². The van der Waals surface area contributed by atoms with Gasteiger partial charge in [-0.3, -0.25) is 9.52 Å². The van der Waals surface area contributed by atoms with Crippen LogP contribution in [0.1, 0.15) is 28.9 Å². The summed E-state index contributed by atoms with van der Waals surface area (Å²) >= 11 is 0. The van der Waals surface area contributed by atoms with Gasteiger partial charge in [-0.1, -0.05) is 0 Å². The van der Waals surface area contributed by atoms with Crippen molar-refractivity contribution in [1.82, 2.24) is 5.32 Å². The molecule has 0 aromatic heterocycles. The average molecular weight is 459 g/mol. The number of carbonyl (C=O) groups is 1. The molecule has 32 heavy (non-hydrogen) atoms. The first-order valence-electron chi connectivity index (χ1n) is 9.64. The first-order valence-corrected chi connectivity index (χ1v) is 11.1. The summed E-state index contributed by atoms with van der Waals surface area (Å²) in [6.45, 7) is 1.81. The fourth-order valence-electron chi connectivity index (χ4n) is 3.05. The summed E-state index contributed by atoms with van der Waals surface area (Å²) in [7, 11) is -0.794. The largest absolute Gasteiger partial charge is 0.497 e. The highest BCUT2D eigenvalue weighted by Crippen LogP contribution is 2.29. The van der Waals surface area contributed by atoms with Crippen LogP contribution < -0.4 is 19.5 Å². The molecule has 0 spiro atoms. The van der Waals surface area contributed by atoms with Crippen molar-refractivity contribution in [2.45, 2.75) is 17.9 Å². The van der Waals surface area contributed by atoms with E-state index in [0.29, 0.717) is 17.1 Å². The molecule has 0 saturated heterocycles. The van der Waals surface area contributed by atoms with Gasteiger partial charge < -0.3 is 14.8 Å². The molecule has 9 heteroatoms. The van der Waals surface area contributed by atoms with Crippen molar-refractivity contribution in [2.24, 2.45) is 0 Å². The van der Waals surface area contributed by atoms with Gasteiger partial charge in [-0.2, -0.15) is 0 Å². The molecule has 2 N–H and O–H groups in total. The molecule has 1 unspecified atom stereocenters. The summed E-state index contributed by atoms with van der Waals surface area (Å²) < 4.78 is 51.0. The van der Waals surface area contributed by atoms with E-state index in [-0.39, 0.29) is 16.5 Å². The Morgan fingerprint density at radius 3 is 2.19 bits per heavy atom. The summed E-state index contributed by atoms with van der Waals surface area (Å²) in [5.74, 6) is 0.388. The molecule has 7 nitrogen and oxygen atoms in total. The molecular weight excluding hydrogens is 435 g/mol. The lowest BCUT2D eigenvalue weighted by Crippen LogP contribution is -2.27. The fourth-order valence-corrected chi connectivity index (χ4v) is 4.11. The number of amides is 1. The van der Waals surface area contributed by atoms with Gasteiger partial charge in [0.25, 0.3) is 15.9 Å². The van der Waals surface area contributed by atoms with E-state index in [2.05, 4.69) is 10.0 Å². The van der Waals surface area contributed by atoms with Crippen LogP contribution in [-0.4, -0.2) is 28.5 Å². The van der Waals surface area contributed by atoms with Gasteiger partial charge in [0.2, 0.25) is 0 Å². The molecule has 0 aliphatic rings. The first kappa shape index (κ1) is 23.1. The third-order valence-corrected chi connectivity index (χ3v) is 6.17. The van der Waals surface area contributed by atoms with Crippen LogP contribution >= 0.6 is 0 Å². The van der Waals surface area contributed by atoms with Gasteiger partial charge in [0.15, 0.2) is 0 Å². The molecule has 168 valence electrons. The van der Waals surface area contributed by atoms with E-state index in [1.807, 2.05) is 0 Å². The van der Waals surface area contributed by atoms with Crippen molar-refractivity contribution in [3.63, 3.8) is 0 Å². The number of ether oxygens (including phenoxy) is 2. The van der Waals surface area contributed by atoms with Gasteiger partial charge >= 0.3 is 0 Å². The molecule has 0 bridgehead atoms. The van der Waals surface area contributed by atoms with Crippen LogP contribution in [0, 0.1) is 5.82 Å². The van der Waals surface area contributed by atoms with Crippen molar-refractivity contribution in [1.29, 1.82) is 0 Å². The summed E-state index contributed by atoms with van der Waals surface area (Å²) in [4.78, 5) is 12.7. The standard InChI is InChI=1S/C23H23FN2O5S/c1-15(21-14-19(30-2)10-13-22(21)31-3)25-23(27)16-4-11-20(12-5-16)32(28,29)26-18-8-6-17(24)7-9-18/h4-15,26H,1-3H3,(H,25,27). The van der Waals surface area contributed by atoms with Crippen LogP contribution in [0.2, 0.25) is 0 Å².